The van der Waals surface area contributed by atoms with Crippen LogP contribution in [0, 0.1) is 13.8 Å². The number of halogens is 2. The molecule has 0 unspecified atom stereocenters. The SMILES string of the molecule is Cc1ccc(CN2CCN(C(=O)C=Cc3cc(C)c(Oc4ccc(OCCc5ccc(Cl)cc5)cn4)c(Cl)c3)CC2)cc1. The number of benzene rings is 3. The van der Waals surface area contributed by atoms with Gasteiger partial charge < -0.3 is 14.4 Å². The van der Waals surface area contributed by atoms with E-state index < -0.39 is 0 Å². The fourth-order valence-corrected chi connectivity index (χ4v) is 5.33. The second-order valence-electron chi connectivity index (χ2n) is 10.7. The number of hydrogen-bond acceptors (Lipinski definition) is 5. The van der Waals surface area contributed by atoms with Gasteiger partial charge in [-0.05, 0) is 72.5 Å². The molecule has 1 amide bonds. The number of pyridine rings is 1. The molecule has 1 aromatic heterocycles. The van der Waals surface area contributed by atoms with Crippen LogP contribution < -0.4 is 9.47 Å². The smallest absolute Gasteiger partial charge is 0.246 e. The summed E-state index contributed by atoms with van der Waals surface area (Å²) in [6.45, 7) is 8.58. The normalized spacial score (nSPS) is 13.8. The Morgan fingerprint density at radius 1 is 0.907 bits per heavy atom. The van der Waals surface area contributed by atoms with Crippen LogP contribution in [0.1, 0.15) is 27.8 Å². The van der Waals surface area contributed by atoms with Crippen molar-refractivity contribution in [1.82, 2.24) is 14.8 Å². The minimum absolute atomic E-state index is 0.00348. The van der Waals surface area contributed by atoms with E-state index in [4.69, 9.17) is 32.7 Å². The van der Waals surface area contributed by atoms with Crippen molar-refractivity contribution in [3.05, 3.63) is 123 Å². The van der Waals surface area contributed by atoms with Crippen LogP contribution in [0.3, 0.4) is 0 Å². The van der Waals surface area contributed by atoms with Crippen molar-refractivity contribution < 1.29 is 14.3 Å². The Labute approximate surface area is 263 Å². The highest BCUT2D eigenvalue weighted by atomic mass is 35.5. The van der Waals surface area contributed by atoms with Gasteiger partial charge in [-0.1, -0.05) is 65.2 Å². The first-order valence-corrected chi connectivity index (χ1v) is 15.1. The standard InChI is InChI=1S/C35H35Cl2N3O3/c1-25-3-5-28(6-4-25)24-39-16-18-40(19-17-39)34(41)14-9-29-21-26(2)35(32(37)22-29)43-33-13-12-31(23-38-33)42-20-15-27-7-10-30(36)11-8-27/h3-14,21-23H,15-20,24H2,1-2H3. The summed E-state index contributed by atoms with van der Waals surface area (Å²) in [5.41, 5.74) is 5.39. The maximum atomic E-state index is 12.9. The van der Waals surface area contributed by atoms with Gasteiger partial charge in [0.25, 0.3) is 0 Å². The molecule has 0 N–H and O–H groups in total. The lowest BCUT2D eigenvalue weighted by Gasteiger charge is -2.34. The third-order valence-corrected chi connectivity index (χ3v) is 7.90. The number of nitrogens with zero attached hydrogens (tertiary/aromatic N) is 3. The van der Waals surface area contributed by atoms with Crippen LogP contribution >= 0.6 is 23.2 Å². The number of hydrogen-bond donors (Lipinski definition) is 0. The number of amides is 1. The maximum absolute atomic E-state index is 12.9. The summed E-state index contributed by atoms with van der Waals surface area (Å²) in [6, 6.07) is 23.7. The lowest BCUT2D eigenvalue weighted by Crippen LogP contribution is -2.47. The number of carbonyl (C=O) groups excluding carboxylic acids is 1. The van der Waals surface area contributed by atoms with E-state index in [-0.39, 0.29) is 5.91 Å². The zero-order chi connectivity index (χ0) is 30.2. The molecular formula is C35H35Cl2N3O3. The molecule has 0 aliphatic carbocycles. The molecule has 6 nitrogen and oxygen atoms in total. The summed E-state index contributed by atoms with van der Waals surface area (Å²) >= 11 is 12.5. The fraction of sp³-hybridized carbons (Fsp3) is 0.257. The highest BCUT2D eigenvalue weighted by Crippen LogP contribution is 2.34. The predicted octanol–water partition coefficient (Wildman–Crippen LogP) is 7.78. The lowest BCUT2D eigenvalue weighted by molar-refractivity contribution is -0.127. The number of piperazine rings is 1. The van der Waals surface area contributed by atoms with E-state index in [0.29, 0.717) is 42.1 Å². The zero-order valence-electron chi connectivity index (χ0n) is 24.4. The quantitative estimate of drug-likeness (QED) is 0.171. The molecule has 0 bridgehead atoms. The Morgan fingerprint density at radius 2 is 1.63 bits per heavy atom. The molecule has 8 heteroatoms. The van der Waals surface area contributed by atoms with E-state index in [9.17, 15) is 4.79 Å². The largest absolute Gasteiger partial charge is 0.492 e. The first kappa shape index (κ1) is 30.6. The van der Waals surface area contributed by atoms with Gasteiger partial charge in [-0.3, -0.25) is 9.69 Å². The van der Waals surface area contributed by atoms with Gasteiger partial charge in [0.1, 0.15) is 5.75 Å². The van der Waals surface area contributed by atoms with Crippen LogP contribution in [-0.2, 0) is 17.8 Å². The third-order valence-electron chi connectivity index (χ3n) is 7.37. The molecule has 1 fully saturated rings. The molecule has 222 valence electrons. The van der Waals surface area contributed by atoms with Crippen LogP contribution in [0.5, 0.6) is 17.4 Å². The van der Waals surface area contributed by atoms with Crippen molar-refractivity contribution in [2.24, 2.45) is 0 Å². The minimum atomic E-state index is 0.00348. The van der Waals surface area contributed by atoms with Gasteiger partial charge in [-0.15, -0.1) is 0 Å². The van der Waals surface area contributed by atoms with Crippen LogP contribution in [0.4, 0.5) is 0 Å². The summed E-state index contributed by atoms with van der Waals surface area (Å²) in [4.78, 5) is 21.5. The Bertz CT molecular complexity index is 1520. The Hall–Kier alpha value is -3.84. The number of rotatable bonds is 10. The molecule has 43 heavy (non-hydrogen) atoms. The molecule has 3 aromatic carbocycles. The average Bonchev–Trinajstić information content (AvgIpc) is 3.01. The minimum Gasteiger partial charge on any atom is -0.492 e. The van der Waals surface area contributed by atoms with Gasteiger partial charge in [0, 0.05) is 56.3 Å². The lowest BCUT2D eigenvalue weighted by atomic mass is 10.1. The summed E-state index contributed by atoms with van der Waals surface area (Å²) in [5.74, 6) is 1.60. The monoisotopic (exact) mass is 615 g/mol. The van der Waals surface area contributed by atoms with E-state index in [1.807, 2.05) is 48.2 Å². The van der Waals surface area contributed by atoms with Crippen molar-refractivity contribution >= 4 is 35.2 Å². The van der Waals surface area contributed by atoms with E-state index in [1.165, 1.54) is 11.1 Å². The molecule has 4 aromatic rings. The van der Waals surface area contributed by atoms with Gasteiger partial charge in [0.2, 0.25) is 11.8 Å². The summed E-state index contributed by atoms with van der Waals surface area (Å²) in [6.07, 6.45) is 5.82. The van der Waals surface area contributed by atoms with E-state index in [0.717, 1.165) is 47.8 Å². The number of aromatic nitrogens is 1. The topological polar surface area (TPSA) is 54.9 Å². The number of carbonyl (C=O) groups is 1. The Balaban J connectivity index is 1.10. The molecule has 0 saturated carbocycles. The maximum Gasteiger partial charge on any atom is 0.246 e. The van der Waals surface area contributed by atoms with Gasteiger partial charge in [-0.2, -0.15) is 0 Å². The summed E-state index contributed by atoms with van der Waals surface area (Å²) < 4.78 is 11.8. The highest BCUT2D eigenvalue weighted by Gasteiger charge is 2.20. The van der Waals surface area contributed by atoms with Crippen molar-refractivity contribution in [2.75, 3.05) is 32.8 Å². The van der Waals surface area contributed by atoms with Crippen LogP contribution in [0.2, 0.25) is 10.0 Å². The molecule has 1 aliphatic heterocycles. The second kappa shape index (κ2) is 14.6. The molecule has 0 radical (unpaired) electrons. The average molecular weight is 617 g/mol. The molecule has 0 spiro atoms. The second-order valence-corrected chi connectivity index (χ2v) is 11.6. The predicted molar refractivity (Wildman–Crippen MR) is 173 cm³/mol. The molecule has 0 atom stereocenters. The van der Waals surface area contributed by atoms with Crippen molar-refractivity contribution in [1.29, 1.82) is 0 Å². The highest BCUT2D eigenvalue weighted by molar-refractivity contribution is 6.32. The van der Waals surface area contributed by atoms with E-state index in [2.05, 4.69) is 41.1 Å². The van der Waals surface area contributed by atoms with Crippen molar-refractivity contribution in [3.63, 3.8) is 0 Å². The molecular weight excluding hydrogens is 581 g/mol. The van der Waals surface area contributed by atoms with Gasteiger partial charge in [-0.25, -0.2) is 4.98 Å². The Kier molecular flexibility index (Phi) is 10.4. The Morgan fingerprint density at radius 3 is 2.30 bits per heavy atom. The van der Waals surface area contributed by atoms with Crippen LogP contribution in [0.25, 0.3) is 6.08 Å². The van der Waals surface area contributed by atoms with Crippen LogP contribution in [-0.4, -0.2) is 53.5 Å². The van der Waals surface area contributed by atoms with Gasteiger partial charge in [0.05, 0.1) is 17.8 Å². The summed E-state index contributed by atoms with van der Waals surface area (Å²) in [7, 11) is 0. The van der Waals surface area contributed by atoms with E-state index in [1.54, 1.807) is 30.5 Å². The molecule has 1 aliphatic rings. The van der Waals surface area contributed by atoms with Crippen molar-refractivity contribution in [3.8, 4) is 17.4 Å². The van der Waals surface area contributed by atoms with E-state index >= 15 is 0 Å². The first-order valence-electron chi connectivity index (χ1n) is 14.4. The van der Waals surface area contributed by atoms with Crippen molar-refractivity contribution in [2.45, 2.75) is 26.8 Å². The first-order chi connectivity index (χ1) is 20.8. The molecule has 1 saturated heterocycles. The molecule has 2 heterocycles. The summed E-state index contributed by atoms with van der Waals surface area (Å²) in [5, 5.41) is 1.16. The number of aryl methyl sites for hydroxylation is 2. The van der Waals surface area contributed by atoms with Gasteiger partial charge in [0.15, 0.2) is 5.75 Å². The van der Waals surface area contributed by atoms with Gasteiger partial charge >= 0.3 is 0 Å². The fourth-order valence-electron chi connectivity index (χ4n) is 4.89. The zero-order valence-corrected chi connectivity index (χ0v) is 25.9. The molecule has 5 rings (SSSR count). The van der Waals surface area contributed by atoms with Crippen LogP contribution in [0.15, 0.2) is 85.1 Å². The number of ether oxygens (including phenoxy) is 2. The third kappa shape index (κ3) is 8.83.